The van der Waals surface area contributed by atoms with E-state index in [9.17, 15) is 22.4 Å². The van der Waals surface area contributed by atoms with Gasteiger partial charge in [0.15, 0.2) is 0 Å². The number of para-hydroxylation sites is 1. The van der Waals surface area contributed by atoms with Gasteiger partial charge in [-0.2, -0.15) is 17.6 Å². The van der Waals surface area contributed by atoms with Crippen LogP contribution in [0, 0.1) is 0 Å². The van der Waals surface area contributed by atoms with Crippen molar-refractivity contribution in [2.24, 2.45) is 0 Å². The maximum atomic E-state index is 12.9. The molecule has 1 N–H and O–H groups in total. The zero-order chi connectivity index (χ0) is 20.3. The highest BCUT2D eigenvalue weighted by atomic mass is 19.3. The first-order chi connectivity index (χ1) is 13.4. The van der Waals surface area contributed by atoms with Crippen LogP contribution in [-0.4, -0.2) is 30.6 Å². The largest absolute Gasteiger partial charge is 0.435 e. The number of nitrogens with one attached hydrogen (secondary N) is 1. The van der Waals surface area contributed by atoms with Crippen LogP contribution < -0.4 is 14.8 Å². The second-order valence-electron chi connectivity index (χ2n) is 5.80. The Balaban J connectivity index is 2.06. The lowest BCUT2D eigenvalue weighted by atomic mass is 10.0. The predicted molar refractivity (Wildman–Crippen MR) is 93.7 cm³/mol. The Labute approximate surface area is 158 Å². The third-order valence-electron chi connectivity index (χ3n) is 4.07. The van der Waals surface area contributed by atoms with E-state index in [0.717, 1.165) is 6.07 Å². The highest BCUT2D eigenvalue weighted by molar-refractivity contribution is 6.01. The maximum Gasteiger partial charge on any atom is 0.387 e. The molecule has 0 aromatic heterocycles. The van der Waals surface area contributed by atoms with E-state index < -0.39 is 19.4 Å². The Morgan fingerprint density at radius 2 is 1.82 bits per heavy atom. The van der Waals surface area contributed by atoms with Gasteiger partial charge in [0.05, 0.1) is 5.56 Å². The van der Waals surface area contributed by atoms with Crippen molar-refractivity contribution in [1.82, 2.24) is 4.90 Å². The summed E-state index contributed by atoms with van der Waals surface area (Å²) in [4.78, 5) is 14.2. The standard InChI is InChI=1S/C19H16F4N2O3/c1-2-9-25-16(24-14-6-4-3-5-12(14)17(25)26)13-8-7-11(27-18(20)21)10-15(13)28-19(22)23/h2-8,10,16,18-19,24H,1,9H2. The summed E-state index contributed by atoms with van der Waals surface area (Å²) in [6.45, 7) is -2.58. The van der Waals surface area contributed by atoms with Crippen LogP contribution in [0.1, 0.15) is 22.1 Å². The van der Waals surface area contributed by atoms with Gasteiger partial charge in [0.25, 0.3) is 5.91 Å². The molecule has 0 saturated heterocycles. The molecule has 9 heteroatoms. The van der Waals surface area contributed by atoms with Crippen LogP contribution in [0.2, 0.25) is 0 Å². The number of ether oxygens (including phenoxy) is 2. The molecule has 0 spiro atoms. The first-order valence-electron chi connectivity index (χ1n) is 8.21. The summed E-state index contributed by atoms with van der Waals surface area (Å²) in [5.74, 6) is -1.06. The van der Waals surface area contributed by atoms with Crippen molar-refractivity contribution < 1.29 is 31.8 Å². The number of hydrogen-bond donors (Lipinski definition) is 1. The summed E-state index contributed by atoms with van der Waals surface area (Å²) in [5.41, 5.74) is 1.08. The second-order valence-corrected chi connectivity index (χ2v) is 5.80. The fourth-order valence-electron chi connectivity index (χ4n) is 2.98. The predicted octanol–water partition coefficient (Wildman–Crippen LogP) is 4.64. The molecule has 1 aliphatic rings. The molecule has 1 atom stereocenters. The first-order valence-corrected chi connectivity index (χ1v) is 8.21. The molecule has 1 heterocycles. The number of nitrogens with zero attached hydrogens (tertiary/aromatic N) is 1. The minimum Gasteiger partial charge on any atom is -0.435 e. The molecular weight excluding hydrogens is 380 g/mol. The molecular formula is C19H16F4N2O3. The zero-order valence-electron chi connectivity index (χ0n) is 14.4. The number of amides is 1. The number of halogens is 4. The highest BCUT2D eigenvalue weighted by Crippen LogP contribution is 2.39. The summed E-state index contributed by atoms with van der Waals surface area (Å²) >= 11 is 0. The van der Waals surface area contributed by atoms with E-state index in [4.69, 9.17) is 0 Å². The molecule has 0 fully saturated rings. The SMILES string of the molecule is C=CCN1C(=O)c2ccccc2NC1c1ccc(OC(F)F)cc1OC(F)F. The van der Waals surface area contributed by atoms with Crippen LogP contribution in [0.15, 0.2) is 55.1 Å². The van der Waals surface area contributed by atoms with Gasteiger partial charge < -0.3 is 19.7 Å². The van der Waals surface area contributed by atoms with Gasteiger partial charge in [-0.05, 0) is 24.3 Å². The van der Waals surface area contributed by atoms with Gasteiger partial charge >= 0.3 is 13.2 Å². The van der Waals surface area contributed by atoms with Crippen molar-refractivity contribution in [2.45, 2.75) is 19.4 Å². The van der Waals surface area contributed by atoms with E-state index in [-0.39, 0.29) is 29.5 Å². The van der Waals surface area contributed by atoms with Gasteiger partial charge in [-0.25, -0.2) is 0 Å². The van der Waals surface area contributed by atoms with Crippen LogP contribution >= 0.6 is 0 Å². The van der Waals surface area contributed by atoms with E-state index in [1.807, 2.05) is 0 Å². The van der Waals surface area contributed by atoms with Crippen molar-refractivity contribution in [3.63, 3.8) is 0 Å². The molecule has 0 bridgehead atoms. The Bertz CT molecular complexity index is 876. The summed E-state index contributed by atoms with van der Waals surface area (Å²) in [7, 11) is 0. The fourth-order valence-corrected chi connectivity index (χ4v) is 2.98. The van der Waals surface area contributed by atoms with E-state index in [1.165, 1.54) is 23.1 Å². The molecule has 0 aliphatic carbocycles. The molecule has 0 radical (unpaired) electrons. The van der Waals surface area contributed by atoms with Crippen molar-refractivity contribution in [1.29, 1.82) is 0 Å². The Morgan fingerprint density at radius 3 is 2.50 bits per heavy atom. The normalized spacial score (nSPS) is 16.0. The summed E-state index contributed by atoms with van der Waals surface area (Å²) < 4.78 is 59.5. The molecule has 0 saturated carbocycles. The van der Waals surface area contributed by atoms with Crippen LogP contribution in [0.5, 0.6) is 11.5 Å². The average Bonchev–Trinajstić information content (AvgIpc) is 2.63. The topological polar surface area (TPSA) is 50.8 Å². The molecule has 1 amide bonds. The van der Waals surface area contributed by atoms with Crippen molar-refractivity contribution >= 4 is 11.6 Å². The number of fused-ring (bicyclic) bond motifs is 1. The van der Waals surface area contributed by atoms with E-state index in [1.54, 1.807) is 24.3 Å². The third kappa shape index (κ3) is 4.03. The Kier molecular flexibility index (Phi) is 5.72. The number of carbonyl (C=O) groups is 1. The van der Waals surface area contributed by atoms with Gasteiger partial charge in [-0.3, -0.25) is 4.79 Å². The Morgan fingerprint density at radius 1 is 1.11 bits per heavy atom. The average molecular weight is 396 g/mol. The molecule has 3 rings (SSSR count). The van der Waals surface area contributed by atoms with Gasteiger partial charge in [-0.15, -0.1) is 6.58 Å². The highest BCUT2D eigenvalue weighted by Gasteiger charge is 2.34. The van der Waals surface area contributed by atoms with Gasteiger partial charge in [0.2, 0.25) is 0 Å². The molecule has 1 aliphatic heterocycles. The van der Waals surface area contributed by atoms with Crippen LogP contribution in [0.3, 0.4) is 0 Å². The molecule has 148 valence electrons. The van der Waals surface area contributed by atoms with Crippen LogP contribution in [0.4, 0.5) is 23.2 Å². The summed E-state index contributed by atoms with van der Waals surface area (Å²) in [5, 5.41) is 3.10. The number of anilines is 1. The van der Waals surface area contributed by atoms with Crippen molar-refractivity contribution in [3.8, 4) is 11.5 Å². The monoisotopic (exact) mass is 396 g/mol. The first kappa shape index (κ1) is 19.5. The smallest absolute Gasteiger partial charge is 0.387 e. The number of rotatable bonds is 7. The van der Waals surface area contributed by atoms with Crippen LogP contribution in [0.25, 0.3) is 0 Å². The van der Waals surface area contributed by atoms with Gasteiger partial charge in [-0.1, -0.05) is 18.2 Å². The van der Waals surface area contributed by atoms with Crippen LogP contribution in [-0.2, 0) is 0 Å². The quantitative estimate of drug-likeness (QED) is 0.547. The van der Waals surface area contributed by atoms with E-state index in [2.05, 4.69) is 21.4 Å². The van der Waals surface area contributed by atoms with Crippen molar-refractivity contribution in [3.05, 3.63) is 66.2 Å². The van der Waals surface area contributed by atoms with E-state index >= 15 is 0 Å². The molecule has 2 aromatic carbocycles. The molecule has 28 heavy (non-hydrogen) atoms. The number of carbonyl (C=O) groups excluding carboxylic acids is 1. The Hall–Kier alpha value is -3.23. The number of alkyl halides is 4. The summed E-state index contributed by atoms with van der Waals surface area (Å²) in [6.07, 6.45) is 0.609. The van der Waals surface area contributed by atoms with E-state index in [0.29, 0.717) is 11.3 Å². The minimum atomic E-state index is -3.19. The second kappa shape index (κ2) is 8.20. The molecule has 5 nitrogen and oxygen atoms in total. The fraction of sp³-hybridized carbons (Fsp3) is 0.211. The molecule has 1 unspecified atom stereocenters. The molecule has 2 aromatic rings. The minimum absolute atomic E-state index is 0.119. The van der Waals surface area contributed by atoms with Gasteiger partial charge in [0, 0.05) is 23.9 Å². The number of hydrogen-bond acceptors (Lipinski definition) is 4. The lowest BCUT2D eigenvalue weighted by Gasteiger charge is -2.38. The lowest BCUT2D eigenvalue weighted by molar-refractivity contribution is -0.0549. The maximum absolute atomic E-state index is 12.9. The summed E-state index contributed by atoms with van der Waals surface area (Å²) in [6, 6.07) is 10.2. The third-order valence-corrected chi connectivity index (χ3v) is 4.07. The zero-order valence-corrected chi connectivity index (χ0v) is 14.4. The lowest BCUT2D eigenvalue weighted by Crippen LogP contribution is -2.43. The number of benzene rings is 2. The van der Waals surface area contributed by atoms with Crippen molar-refractivity contribution in [2.75, 3.05) is 11.9 Å². The van der Waals surface area contributed by atoms with Gasteiger partial charge in [0.1, 0.15) is 17.7 Å².